The number of aliphatic hydroxyl groups is 1. The Labute approximate surface area is 189 Å². The van der Waals surface area contributed by atoms with E-state index in [1.165, 1.54) is 11.1 Å². The Morgan fingerprint density at radius 1 is 1.19 bits per heavy atom. The van der Waals surface area contributed by atoms with Crippen molar-refractivity contribution in [3.05, 3.63) is 70.3 Å². The first-order valence-electron chi connectivity index (χ1n) is 11.5. The predicted molar refractivity (Wildman–Crippen MR) is 125 cm³/mol. The summed E-state index contributed by atoms with van der Waals surface area (Å²) >= 11 is 0. The molecule has 2 aromatic rings. The quantitative estimate of drug-likeness (QED) is 0.561. The minimum atomic E-state index is -1.43. The molecular weight excluding hydrogens is 401 g/mol. The smallest absolute Gasteiger partial charge is 0.423 e. The van der Waals surface area contributed by atoms with Crippen molar-refractivity contribution in [2.24, 2.45) is 23.0 Å². The van der Waals surface area contributed by atoms with Gasteiger partial charge in [-0.15, -0.1) is 0 Å². The number of carbonyl (C=O) groups excluding carboxylic acids is 1. The van der Waals surface area contributed by atoms with Gasteiger partial charge in [-0.3, -0.25) is 4.79 Å². The fourth-order valence-electron chi connectivity index (χ4n) is 6.76. The molecule has 2 aromatic carbocycles. The average molecular weight is 431 g/mol. The molecule has 5 atom stereocenters. The van der Waals surface area contributed by atoms with E-state index in [4.69, 9.17) is 5.73 Å². The van der Waals surface area contributed by atoms with Gasteiger partial charge in [-0.25, -0.2) is 0 Å². The van der Waals surface area contributed by atoms with Crippen molar-refractivity contribution in [1.82, 2.24) is 0 Å². The first-order valence-corrected chi connectivity index (χ1v) is 11.5. The van der Waals surface area contributed by atoms with Crippen molar-refractivity contribution < 1.29 is 19.9 Å². The Morgan fingerprint density at radius 2 is 2.00 bits per heavy atom. The molecule has 1 amide bonds. The highest BCUT2D eigenvalue weighted by Crippen LogP contribution is 2.62. The Morgan fingerprint density at radius 3 is 2.75 bits per heavy atom. The van der Waals surface area contributed by atoms with E-state index in [1.54, 1.807) is 12.1 Å². The SMILES string of the molecule is C[C@]12CC[C@@H]3c4ccc(B(O)O)cc4CC[C@H]3[C@@H]1CC(=Cc1cccc(C(N)=O)c1)[C@@H]2O. The second kappa shape index (κ2) is 7.87. The van der Waals surface area contributed by atoms with Crippen LogP contribution in [0, 0.1) is 17.3 Å². The number of hydrogen-bond acceptors (Lipinski definition) is 4. The first-order chi connectivity index (χ1) is 15.3. The first kappa shape index (κ1) is 21.4. The number of fused-ring (bicyclic) bond motifs is 5. The number of benzene rings is 2. The summed E-state index contributed by atoms with van der Waals surface area (Å²) in [6.45, 7) is 2.24. The Hall–Kier alpha value is -2.41. The predicted octanol–water partition coefficient (Wildman–Crippen LogP) is 2.38. The third-order valence-electron chi connectivity index (χ3n) is 8.44. The largest absolute Gasteiger partial charge is 0.488 e. The molecule has 2 saturated carbocycles. The number of amides is 1. The zero-order chi connectivity index (χ0) is 22.6. The van der Waals surface area contributed by atoms with E-state index in [2.05, 4.69) is 13.0 Å². The molecule has 0 bridgehead atoms. The summed E-state index contributed by atoms with van der Waals surface area (Å²) in [5.41, 5.74) is 10.8. The van der Waals surface area contributed by atoms with Gasteiger partial charge in [0.2, 0.25) is 5.91 Å². The van der Waals surface area contributed by atoms with Gasteiger partial charge >= 0.3 is 7.12 Å². The van der Waals surface area contributed by atoms with Crippen LogP contribution < -0.4 is 11.2 Å². The molecule has 3 aliphatic carbocycles. The summed E-state index contributed by atoms with van der Waals surface area (Å²) < 4.78 is 0. The highest BCUT2D eigenvalue weighted by molar-refractivity contribution is 6.58. The number of nitrogens with two attached hydrogens (primary N) is 1. The van der Waals surface area contributed by atoms with Crippen LogP contribution in [0.15, 0.2) is 48.0 Å². The summed E-state index contributed by atoms with van der Waals surface area (Å²) in [6.07, 6.45) is 6.40. The van der Waals surface area contributed by atoms with Gasteiger partial charge < -0.3 is 20.9 Å². The van der Waals surface area contributed by atoms with Crippen LogP contribution in [0.3, 0.4) is 0 Å². The Balaban J connectivity index is 1.45. The van der Waals surface area contributed by atoms with Crippen LogP contribution in [0.1, 0.15) is 65.6 Å². The molecule has 5 N–H and O–H groups in total. The van der Waals surface area contributed by atoms with Crippen molar-refractivity contribution in [3.8, 4) is 0 Å². The lowest BCUT2D eigenvalue weighted by Crippen LogP contribution is -2.44. The molecule has 0 heterocycles. The molecule has 0 spiro atoms. The number of carbonyl (C=O) groups is 1. The van der Waals surface area contributed by atoms with Crippen molar-refractivity contribution in [1.29, 1.82) is 0 Å². The topological polar surface area (TPSA) is 104 Å². The summed E-state index contributed by atoms with van der Waals surface area (Å²) in [5, 5.41) is 30.4. The van der Waals surface area contributed by atoms with E-state index in [0.717, 1.165) is 43.2 Å². The minimum absolute atomic E-state index is 0.146. The van der Waals surface area contributed by atoms with Gasteiger partial charge in [-0.2, -0.15) is 0 Å². The molecule has 3 aliphatic rings. The van der Waals surface area contributed by atoms with Gasteiger partial charge in [0.15, 0.2) is 0 Å². The van der Waals surface area contributed by atoms with Gasteiger partial charge in [0.25, 0.3) is 0 Å². The van der Waals surface area contributed by atoms with Gasteiger partial charge in [0.05, 0.1) is 6.10 Å². The second-order valence-electron chi connectivity index (χ2n) is 10.1. The van der Waals surface area contributed by atoms with Crippen LogP contribution >= 0.6 is 0 Å². The molecule has 0 saturated heterocycles. The van der Waals surface area contributed by atoms with Gasteiger partial charge in [0, 0.05) is 11.0 Å². The normalized spacial score (nSPS) is 32.2. The third-order valence-corrected chi connectivity index (χ3v) is 8.44. The van der Waals surface area contributed by atoms with Crippen LogP contribution in [-0.4, -0.2) is 34.3 Å². The number of primary amides is 1. The molecule has 6 heteroatoms. The third kappa shape index (κ3) is 3.42. The molecule has 5 rings (SSSR count). The number of aliphatic hydroxyl groups excluding tert-OH is 1. The van der Waals surface area contributed by atoms with Crippen molar-refractivity contribution in [2.75, 3.05) is 0 Å². The molecule has 32 heavy (non-hydrogen) atoms. The lowest BCUT2D eigenvalue weighted by molar-refractivity contribution is -0.0158. The maximum atomic E-state index is 11.6. The van der Waals surface area contributed by atoms with Crippen LogP contribution in [-0.2, 0) is 6.42 Å². The highest BCUT2D eigenvalue weighted by atomic mass is 16.4. The second-order valence-corrected chi connectivity index (χ2v) is 10.1. The van der Waals surface area contributed by atoms with E-state index in [-0.39, 0.29) is 5.41 Å². The van der Waals surface area contributed by atoms with Crippen LogP contribution in [0.25, 0.3) is 6.08 Å². The summed E-state index contributed by atoms with van der Waals surface area (Å²) in [4.78, 5) is 11.6. The van der Waals surface area contributed by atoms with Crippen LogP contribution in [0.5, 0.6) is 0 Å². The molecule has 0 aliphatic heterocycles. The lowest BCUT2D eigenvalue weighted by Gasteiger charge is -2.49. The number of aryl methyl sites for hydroxylation is 1. The summed E-state index contributed by atoms with van der Waals surface area (Å²) in [6, 6.07) is 13.1. The molecule has 5 nitrogen and oxygen atoms in total. The van der Waals surface area contributed by atoms with E-state index < -0.39 is 19.1 Å². The molecule has 0 radical (unpaired) electrons. The fourth-order valence-corrected chi connectivity index (χ4v) is 6.76. The summed E-state index contributed by atoms with van der Waals surface area (Å²) in [7, 11) is -1.43. The van der Waals surface area contributed by atoms with Crippen molar-refractivity contribution in [3.63, 3.8) is 0 Å². The van der Waals surface area contributed by atoms with Crippen LogP contribution in [0.4, 0.5) is 0 Å². The zero-order valence-electron chi connectivity index (χ0n) is 18.4. The monoisotopic (exact) mass is 431 g/mol. The Bertz CT molecular complexity index is 1100. The van der Waals surface area contributed by atoms with E-state index in [0.29, 0.717) is 28.8 Å². The van der Waals surface area contributed by atoms with Gasteiger partial charge in [0.1, 0.15) is 0 Å². The zero-order valence-corrected chi connectivity index (χ0v) is 18.4. The maximum Gasteiger partial charge on any atom is 0.488 e. The summed E-state index contributed by atoms with van der Waals surface area (Å²) in [5.74, 6) is 0.909. The Kier molecular flexibility index (Phi) is 5.27. The molecule has 0 aromatic heterocycles. The molecule has 2 fully saturated rings. The standard InChI is InChI=1S/C26H30BNO4/c1-26-10-9-21-20-8-6-19(27(31)32)13-16(20)5-7-22(21)23(26)14-18(24(26)29)12-15-3-2-4-17(11-15)25(28)30/h2-4,6,8,11-13,21-24,29,31-32H,5,7,9-10,14H2,1H3,(H2,28,30)/t21-,22-,23+,24+,26+/m1/s1. The van der Waals surface area contributed by atoms with E-state index in [1.807, 2.05) is 30.3 Å². The van der Waals surface area contributed by atoms with Gasteiger partial charge in [-0.05, 0) is 89.7 Å². The molecular formula is C26H30BNO4. The van der Waals surface area contributed by atoms with Crippen LogP contribution in [0.2, 0.25) is 0 Å². The minimum Gasteiger partial charge on any atom is -0.423 e. The maximum absolute atomic E-state index is 11.6. The fraction of sp³-hybridized carbons (Fsp3) is 0.423. The highest BCUT2D eigenvalue weighted by Gasteiger charge is 2.56. The van der Waals surface area contributed by atoms with Crippen molar-refractivity contribution >= 4 is 24.6 Å². The number of hydrogen-bond donors (Lipinski definition) is 4. The van der Waals surface area contributed by atoms with Gasteiger partial charge in [-0.1, -0.05) is 43.3 Å². The lowest BCUT2D eigenvalue weighted by atomic mass is 9.55. The average Bonchev–Trinajstić information content (AvgIpc) is 3.03. The molecule has 0 unspecified atom stereocenters. The number of rotatable bonds is 3. The molecule has 166 valence electrons. The van der Waals surface area contributed by atoms with E-state index in [9.17, 15) is 19.9 Å². The van der Waals surface area contributed by atoms with Crippen molar-refractivity contribution in [2.45, 2.75) is 51.0 Å². The van der Waals surface area contributed by atoms with E-state index >= 15 is 0 Å².